The lowest BCUT2D eigenvalue weighted by atomic mass is 9.93. The van der Waals surface area contributed by atoms with E-state index in [-0.39, 0.29) is 6.61 Å². The lowest BCUT2D eigenvalue weighted by Gasteiger charge is -2.18. The third kappa shape index (κ3) is 9.01. The van der Waals surface area contributed by atoms with Crippen molar-refractivity contribution in [2.24, 2.45) is 0 Å². The number of halogens is 1. The molecule has 0 amide bonds. The smallest absolute Gasteiger partial charge is 0.142 e. The van der Waals surface area contributed by atoms with Gasteiger partial charge in [-0.05, 0) is 98.3 Å². The van der Waals surface area contributed by atoms with Gasteiger partial charge in [-0.1, -0.05) is 41.9 Å². The summed E-state index contributed by atoms with van der Waals surface area (Å²) in [4.78, 5) is 6.68. The Morgan fingerprint density at radius 2 is 1.66 bits per heavy atom. The van der Waals surface area contributed by atoms with Gasteiger partial charge in [0.1, 0.15) is 36.5 Å². The highest BCUT2D eigenvalue weighted by atomic mass is 35.5. The van der Waals surface area contributed by atoms with Crippen LogP contribution in [-0.2, 0) is 26.3 Å². The molecule has 1 fully saturated rings. The van der Waals surface area contributed by atoms with Crippen LogP contribution in [0.25, 0.3) is 11.1 Å². The summed E-state index contributed by atoms with van der Waals surface area (Å²) in [6.45, 7) is 10.1. The summed E-state index contributed by atoms with van der Waals surface area (Å²) in [5, 5.41) is 20.2. The van der Waals surface area contributed by atoms with Gasteiger partial charge in [0.25, 0.3) is 0 Å². The van der Waals surface area contributed by atoms with Crippen LogP contribution in [0, 0.1) is 25.2 Å². The molecular formula is C40H43ClN6O3. The summed E-state index contributed by atoms with van der Waals surface area (Å²) >= 11 is 6.81. The molecule has 0 aliphatic carbocycles. The molecule has 3 aromatic carbocycles. The van der Waals surface area contributed by atoms with Crippen LogP contribution in [0.4, 0.5) is 0 Å². The van der Waals surface area contributed by atoms with Crippen molar-refractivity contribution in [2.45, 2.75) is 59.4 Å². The molecule has 0 radical (unpaired) electrons. The Balaban J connectivity index is 1.16. The molecule has 10 heteroatoms. The number of nitrogens with zero attached hydrogens (tertiary/aromatic N) is 4. The second-order valence-corrected chi connectivity index (χ2v) is 13.0. The maximum atomic E-state index is 9.30. The number of aromatic amines is 1. The molecule has 6 rings (SSSR count). The Labute approximate surface area is 299 Å². The number of aromatic nitrogens is 3. The Kier molecular flexibility index (Phi) is 12.0. The predicted molar refractivity (Wildman–Crippen MR) is 195 cm³/mol. The number of hydrogen-bond donors (Lipinski definition) is 2. The molecule has 5 aromatic rings. The van der Waals surface area contributed by atoms with Gasteiger partial charge in [0.2, 0.25) is 0 Å². The highest BCUT2D eigenvalue weighted by Crippen LogP contribution is 2.36. The minimum Gasteiger partial charge on any atom is -0.493 e. The van der Waals surface area contributed by atoms with E-state index < -0.39 is 0 Å². The molecule has 258 valence electrons. The van der Waals surface area contributed by atoms with Gasteiger partial charge in [-0.2, -0.15) is 10.4 Å². The first-order chi connectivity index (χ1) is 24.5. The number of benzene rings is 3. The van der Waals surface area contributed by atoms with Crippen LogP contribution in [-0.4, -0.2) is 46.3 Å². The number of pyridine rings is 1. The maximum Gasteiger partial charge on any atom is 0.142 e. The number of likely N-dealkylation sites (tertiary alicyclic amines) is 1. The van der Waals surface area contributed by atoms with E-state index >= 15 is 0 Å². The summed E-state index contributed by atoms with van der Waals surface area (Å²) in [6, 6.07) is 22.1. The molecule has 0 spiro atoms. The Morgan fingerprint density at radius 1 is 0.860 bits per heavy atom. The molecule has 1 aliphatic heterocycles. The molecule has 50 heavy (non-hydrogen) atoms. The summed E-state index contributed by atoms with van der Waals surface area (Å²) in [5.74, 6) is 2.07. The van der Waals surface area contributed by atoms with Crippen LogP contribution < -0.4 is 19.5 Å². The van der Waals surface area contributed by atoms with Crippen LogP contribution in [0.3, 0.4) is 0 Å². The Bertz CT molecular complexity index is 1920. The predicted octanol–water partition coefficient (Wildman–Crippen LogP) is 7.93. The quantitative estimate of drug-likeness (QED) is 0.101. The number of H-pyrrole nitrogens is 1. The van der Waals surface area contributed by atoms with Crippen molar-refractivity contribution >= 4 is 11.6 Å². The van der Waals surface area contributed by atoms with Crippen molar-refractivity contribution in [3.63, 3.8) is 0 Å². The molecular weight excluding hydrogens is 648 g/mol. The van der Waals surface area contributed by atoms with Crippen LogP contribution in [0.15, 0.2) is 79.3 Å². The van der Waals surface area contributed by atoms with E-state index in [9.17, 15) is 5.26 Å². The van der Waals surface area contributed by atoms with E-state index in [2.05, 4.69) is 81.7 Å². The van der Waals surface area contributed by atoms with E-state index in [4.69, 9.17) is 25.8 Å². The van der Waals surface area contributed by atoms with Gasteiger partial charge < -0.3 is 24.4 Å². The lowest BCUT2D eigenvalue weighted by molar-refractivity contribution is 0.262. The number of hydrogen-bond acceptors (Lipinski definition) is 8. The monoisotopic (exact) mass is 690 g/mol. The molecule has 0 bridgehead atoms. The average molecular weight is 691 g/mol. The fraction of sp³-hybridized carbons (Fsp3) is 0.325. The first kappa shape index (κ1) is 35.0. The third-order valence-electron chi connectivity index (χ3n) is 9.09. The molecule has 0 atom stereocenters. The van der Waals surface area contributed by atoms with Crippen molar-refractivity contribution in [3.8, 4) is 34.4 Å². The van der Waals surface area contributed by atoms with E-state index in [0.29, 0.717) is 48.4 Å². The minimum atomic E-state index is 0.234. The lowest BCUT2D eigenvalue weighted by Crippen LogP contribution is -2.22. The van der Waals surface area contributed by atoms with Crippen LogP contribution >= 0.6 is 11.6 Å². The second kappa shape index (κ2) is 17.2. The molecule has 9 nitrogen and oxygen atoms in total. The largest absolute Gasteiger partial charge is 0.493 e. The number of rotatable bonds is 16. The maximum absolute atomic E-state index is 9.30. The van der Waals surface area contributed by atoms with Gasteiger partial charge in [-0.3, -0.25) is 10.1 Å². The van der Waals surface area contributed by atoms with E-state index in [0.717, 1.165) is 63.4 Å². The molecule has 2 aromatic heterocycles. The number of nitrogens with one attached hydrogen (secondary N) is 2. The van der Waals surface area contributed by atoms with Gasteiger partial charge in [-0.15, -0.1) is 0 Å². The zero-order valence-electron chi connectivity index (χ0n) is 28.7. The molecule has 0 saturated carbocycles. The van der Waals surface area contributed by atoms with E-state index in [1.807, 2.05) is 18.2 Å². The Morgan fingerprint density at radius 3 is 2.46 bits per heavy atom. The molecule has 1 aliphatic rings. The third-order valence-corrected chi connectivity index (χ3v) is 9.39. The Hall–Kier alpha value is -4.88. The summed E-state index contributed by atoms with van der Waals surface area (Å²) in [6.07, 6.45) is 8.66. The SMILES string of the molecule is Cc1c(COc2cc(OCc3cncc(C#N)c3)c(CNCc3cc[nH]n3)cc2Cl)cccc1-c1cccc(OCCCN2CCCC2)c1C. The average Bonchev–Trinajstić information content (AvgIpc) is 3.86. The first-order valence-electron chi connectivity index (χ1n) is 17.1. The fourth-order valence-corrected chi connectivity index (χ4v) is 6.53. The van der Waals surface area contributed by atoms with E-state index in [1.54, 1.807) is 18.5 Å². The van der Waals surface area contributed by atoms with Crippen LogP contribution in [0.1, 0.15) is 58.3 Å². The van der Waals surface area contributed by atoms with Crippen molar-refractivity contribution in [3.05, 3.63) is 123 Å². The molecule has 0 unspecified atom stereocenters. The van der Waals surface area contributed by atoms with Crippen LogP contribution in [0.5, 0.6) is 17.2 Å². The van der Waals surface area contributed by atoms with Gasteiger partial charge in [0, 0.05) is 55.4 Å². The highest BCUT2D eigenvalue weighted by molar-refractivity contribution is 6.32. The zero-order chi connectivity index (χ0) is 34.7. The van der Waals surface area contributed by atoms with E-state index in [1.165, 1.54) is 32.1 Å². The van der Waals surface area contributed by atoms with Gasteiger partial charge >= 0.3 is 0 Å². The number of nitriles is 1. The zero-order valence-corrected chi connectivity index (χ0v) is 29.4. The number of ether oxygens (including phenoxy) is 3. The van der Waals surface area contributed by atoms with Crippen LogP contribution in [0.2, 0.25) is 5.02 Å². The molecule has 1 saturated heterocycles. The summed E-state index contributed by atoms with van der Waals surface area (Å²) in [7, 11) is 0. The first-order valence-corrected chi connectivity index (χ1v) is 17.5. The van der Waals surface area contributed by atoms with Crippen molar-refractivity contribution in [2.75, 3.05) is 26.2 Å². The van der Waals surface area contributed by atoms with Crippen molar-refractivity contribution < 1.29 is 14.2 Å². The van der Waals surface area contributed by atoms with Gasteiger partial charge in [0.15, 0.2) is 0 Å². The minimum absolute atomic E-state index is 0.234. The summed E-state index contributed by atoms with van der Waals surface area (Å²) < 4.78 is 18.9. The topological polar surface area (TPSA) is 108 Å². The highest BCUT2D eigenvalue weighted by Gasteiger charge is 2.16. The summed E-state index contributed by atoms with van der Waals surface area (Å²) in [5.41, 5.74) is 8.66. The van der Waals surface area contributed by atoms with Crippen molar-refractivity contribution in [1.82, 2.24) is 25.4 Å². The second-order valence-electron chi connectivity index (χ2n) is 12.6. The van der Waals surface area contributed by atoms with Gasteiger partial charge in [-0.25, -0.2) is 0 Å². The van der Waals surface area contributed by atoms with Crippen molar-refractivity contribution in [1.29, 1.82) is 5.26 Å². The molecule has 2 N–H and O–H groups in total. The standard InChI is InChI=1S/C40H43ClN6O3/c1-28-32(8-5-9-35(28)36-10-6-11-38(29(36)2)48-17-7-16-47-14-3-4-15-47)27-50-40-20-39(49-26-31-18-30(21-42)22-43-23-31)33(19-37(40)41)24-44-25-34-12-13-45-46-34/h5-6,8-13,18-20,22-23,44H,3-4,7,14-17,24-27H2,1-2H3,(H,45,46). The fourth-order valence-electron chi connectivity index (χ4n) is 6.29. The molecule has 3 heterocycles. The normalized spacial score (nSPS) is 12.9. The van der Waals surface area contributed by atoms with Gasteiger partial charge in [0.05, 0.1) is 22.9 Å².